The van der Waals surface area contributed by atoms with E-state index in [0.29, 0.717) is 6.04 Å². The van der Waals surface area contributed by atoms with E-state index in [1.54, 1.807) is 13.8 Å². The molecule has 0 aromatic heterocycles. The van der Waals surface area contributed by atoms with Gasteiger partial charge in [0.05, 0.1) is 6.42 Å². The largest absolute Gasteiger partial charge is 0.481 e. The van der Waals surface area contributed by atoms with Crippen molar-refractivity contribution in [2.45, 2.75) is 57.5 Å². The van der Waals surface area contributed by atoms with Crippen LogP contribution in [0, 0.1) is 0 Å². The predicted octanol–water partition coefficient (Wildman–Crippen LogP) is 1.51. The number of carboxylic acid groups (broad SMARTS) is 1. The Morgan fingerprint density at radius 3 is 2.48 bits per heavy atom. The van der Waals surface area contributed by atoms with E-state index in [4.69, 9.17) is 5.11 Å². The summed E-state index contributed by atoms with van der Waals surface area (Å²) >= 11 is 0. The predicted molar refractivity (Wildman–Crippen MR) is 80.3 cm³/mol. The molecule has 2 amide bonds. The molecule has 21 heavy (non-hydrogen) atoms. The quantitative estimate of drug-likeness (QED) is 0.825. The molecule has 0 spiro atoms. The number of urea groups is 1. The fourth-order valence-corrected chi connectivity index (χ4v) is 3.30. The third-order valence-electron chi connectivity index (χ3n) is 4.40. The summed E-state index contributed by atoms with van der Waals surface area (Å²) in [4.78, 5) is 27.4. The fraction of sp³-hybridized carbons (Fsp3) is 0.867. The Morgan fingerprint density at radius 1 is 1.19 bits per heavy atom. The van der Waals surface area contributed by atoms with E-state index in [2.05, 4.69) is 10.2 Å². The summed E-state index contributed by atoms with van der Waals surface area (Å²) < 4.78 is 0. The van der Waals surface area contributed by atoms with Crippen LogP contribution in [0.4, 0.5) is 4.79 Å². The number of carbonyl (C=O) groups excluding carboxylic acids is 1. The molecule has 2 rings (SSSR count). The third kappa shape index (κ3) is 4.59. The molecule has 2 aliphatic rings. The first-order valence-electron chi connectivity index (χ1n) is 7.90. The molecule has 0 aromatic rings. The molecule has 0 bridgehead atoms. The molecular formula is C15H27N3O3. The van der Waals surface area contributed by atoms with Crippen molar-refractivity contribution < 1.29 is 14.7 Å². The van der Waals surface area contributed by atoms with Crippen molar-refractivity contribution in [2.24, 2.45) is 0 Å². The Kier molecular flexibility index (Phi) is 5.08. The van der Waals surface area contributed by atoms with Crippen molar-refractivity contribution >= 4 is 12.0 Å². The minimum Gasteiger partial charge on any atom is -0.481 e. The molecule has 6 nitrogen and oxygen atoms in total. The van der Waals surface area contributed by atoms with E-state index in [1.807, 2.05) is 4.90 Å². The number of amides is 2. The molecule has 2 N–H and O–H groups in total. The van der Waals surface area contributed by atoms with E-state index < -0.39 is 11.5 Å². The van der Waals surface area contributed by atoms with Crippen molar-refractivity contribution in [3.63, 3.8) is 0 Å². The van der Waals surface area contributed by atoms with Crippen LogP contribution in [-0.4, -0.2) is 64.7 Å². The van der Waals surface area contributed by atoms with Crippen molar-refractivity contribution in [1.29, 1.82) is 0 Å². The molecule has 0 aliphatic carbocycles. The van der Waals surface area contributed by atoms with Gasteiger partial charge in [0.2, 0.25) is 0 Å². The van der Waals surface area contributed by atoms with Gasteiger partial charge in [0.1, 0.15) is 0 Å². The zero-order valence-corrected chi connectivity index (χ0v) is 13.1. The van der Waals surface area contributed by atoms with Gasteiger partial charge in [-0.2, -0.15) is 0 Å². The van der Waals surface area contributed by atoms with E-state index in [-0.39, 0.29) is 12.5 Å². The third-order valence-corrected chi connectivity index (χ3v) is 4.40. The number of carbonyl (C=O) groups is 2. The molecule has 2 saturated heterocycles. The summed E-state index contributed by atoms with van der Waals surface area (Å²) in [5.41, 5.74) is -0.716. The Hall–Kier alpha value is -1.30. The zero-order valence-electron chi connectivity index (χ0n) is 13.1. The Balaban J connectivity index is 1.82. The topological polar surface area (TPSA) is 72.9 Å². The second-order valence-corrected chi connectivity index (χ2v) is 6.87. The standard InChI is InChI=1S/C15H27N3O3/c1-15(2,10-13(19)20)16-14(21)18-9-6-12(11-18)17-7-4-3-5-8-17/h12H,3-11H2,1-2H3,(H,16,21)(H,19,20). The number of hydrogen-bond acceptors (Lipinski definition) is 3. The molecule has 1 unspecified atom stereocenters. The lowest BCUT2D eigenvalue weighted by Gasteiger charge is -2.32. The molecule has 0 radical (unpaired) electrons. The second-order valence-electron chi connectivity index (χ2n) is 6.87. The van der Waals surface area contributed by atoms with Crippen molar-refractivity contribution in [3.05, 3.63) is 0 Å². The van der Waals surface area contributed by atoms with E-state index in [0.717, 1.165) is 32.6 Å². The number of aliphatic carboxylic acids is 1. The average Bonchev–Trinajstić information content (AvgIpc) is 2.87. The first-order chi connectivity index (χ1) is 9.87. The molecule has 6 heteroatoms. The van der Waals surface area contributed by atoms with Gasteiger partial charge in [0.15, 0.2) is 0 Å². The maximum atomic E-state index is 12.3. The molecule has 2 aliphatic heterocycles. The van der Waals surface area contributed by atoms with Gasteiger partial charge < -0.3 is 15.3 Å². The molecule has 2 heterocycles. The zero-order chi connectivity index (χ0) is 15.5. The minimum absolute atomic E-state index is 0.0673. The van der Waals surface area contributed by atoms with E-state index in [9.17, 15) is 9.59 Å². The van der Waals surface area contributed by atoms with Gasteiger partial charge in [-0.05, 0) is 46.2 Å². The van der Waals surface area contributed by atoms with Gasteiger partial charge in [-0.3, -0.25) is 9.69 Å². The van der Waals surface area contributed by atoms with Crippen LogP contribution in [0.1, 0.15) is 46.0 Å². The number of likely N-dealkylation sites (tertiary alicyclic amines) is 2. The molecular weight excluding hydrogens is 270 g/mol. The Morgan fingerprint density at radius 2 is 1.86 bits per heavy atom. The van der Waals surface area contributed by atoms with Gasteiger partial charge in [-0.1, -0.05) is 6.42 Å². The van der Waals surface area contributed by atoms with Crippen LogP contribution >= 0.6 is 0 Å². The number of nitrogens with one attached hydrogen (secondary N) is 1. The van der Waals surface area contributed by atoms with Crippen LogP contribution in [-0.2, 0) is 4.79 Å². The highest BCUT2D eigenvalue weighted by molar-refractivity contribution is 5.77. The normalized spacial score (nSPS) is 24.1. The van der Waals surface area contributed by atoms with Crippen LogP contribution in [0.15, 0.2) is 0 Å². The Bertz CT molecular complexity index is 392. The van der Waals surface area contributed by atoms with Gasteiger partial charge in [0, 0.05) is 24.7 Å². The average molecular weight is 297 g/mol. The molecule has 120 valence electrons. The summed E-state index contributed by atoms with van der Waals surface area (Å²) in [6.07, 6.45) is 4.79. The monoisotopic (exact) mass is 297 g/mol. The molecule has 1 atom stereocenters. The number of carboxylic acids is 1. The Labute approximate surface area is 126 Å². The highest BCUT2D eigenvalue weighted by atomic mass is 16.4. The fourth-order valence-electron chi connectivity index (χ4n) is 3.30. The molecule has 0 saturated carbocycles. The number of piperidine rings is 1. The summed E-state index contributed by atoms with van der Waals surface area (Å²) in [7, 11) is 0. The SMILES string of the molecule is CC(C)(CC(=O)O)NC(=O)N1CCC(N2CCCCC2)C1. The van der Waals surface area contributed by atoms with Crippen molar-refractivity contribution in [1.82, 2.24) is 15.1 Å². The first kappa shape index (κ1) is 16.1. The summed E-state index contributed by atoms with van der Waals surface area (Å²) in [6.45, 7) is 7.30. The van der Waals surface area contributed by atoms with Crippen molar-refractivity contribution in [3.8, 4) is 0 Å². The smallest absolute Gasteiger partial charge is 0.317 e. The van der Waals surface area contributed by atoms with Crippen LogP contribution in [0.25, 0.3) is 0 Å². The summed E-state index contributed by atoms with van der Waals surface area (Å²) in [5.74, 6) is -0.895. The lowest BCUT2D eigenvalue weighted by Crippen LogP contribution is -2.51. The first-order valence-corrected chi connectivity index (χ1v) is 7.90. The highest BCUT2D eigenvalue weighted by Crippen LogP contribution is 2.20. The minimum atomic E-state index is -0.895. The maximum absolute atomic E-state index is 12.3. The lowest BCUT2D eigenvalue weighted by atomic mass is 10.0. The van der Waals surface area contributed by atoms with Crippen molar-refractivity contribution in [2.75, 3.05) is 26.2 Å². The highest BCUT2D eigenvalue weighted by Gasteiger charge is 2.33. The van der Waals surface area contributed by atoms with Crippen LogP contribution in [0.3, 0.4) is 0 Å². The van der Waals surface area contributed by atoms with E-state index >= 15 is 0 Å². The number of nitrogens with zero attached hydrogens (tertiary/aromatic N) is 2. The van der Waals surface area contributed by atoms with Gasteiger partial charge in [-0.25, -0.2) is 4.79 Å². The number of hydrogen-bond donors (Lipinski definition) is 2. The van der Waals surface area contributed by atoms with Crippen LogP contribution in [0.2, 0.25) is 0 Å². The van der Waals surface area contributed by atoms with Crippen LogP contribution in [0.5, 0.6) is 0 Å². The summed E-state index contributed by atoms with van der Waals surface area (Å²) in [6, 6.07) is 0.333. The van der Waals surface area contributed by atoms with Gasteiger partial charge in [0.25, 0.3) is 0 Å². The van der Waals surface area contributed by atoms with Crippen LogP contribution < -0.4 is 5.32 Å². The van der Waals surface area contributed by atoms with E-state index in [1.165, 1.54) is 19.3 Å². The summed E-state index contributed by atoms with van der Waals surface area (Å²) in [5, 5.41) is 11.7. The molecule has 2 fully saturated rings. The molecule has 0 aromatic carbocycles. The second kappa shape index (κ2) is 6.64. The maximum Gasteiger partial charge on any atom is 0.317 e. The number of rotatable bonds is 4. The van der Waals surface area contributed by atoms with Gasteiger partial charge in [-0.15, -0.1) is 0 Å². The van der Waals surface area contributed by atoms with Gasteiger partial charge >= 0.3 is 12.0 Å². The lowest BCUT2D eigenvalue weighted by molar-refractivity contribution is -0.138.